The van der Waals surface area contributed by atoms with Gasteiger partial charge in [-0.25, -0.2) is 0 Å². The van der Waals surface area contributed by atoms with Gasteiger partial charge in [-0.05, 0) is 17.2 Å². The summed E-state index contributed by atoms with van der Waals surface area (Å²) in [6.45, 7) is 4.50. The number of rotatable bonds is 0. The molecule has 0 radical (unpaired) electrons. The zero-order chi connectivity index (χ0) is 13.2. The molecule has 0 bridgehead atoms. The summed E-state index contributed by atoms with van der Waals surface area (Å²) in [6.07, 6.45) is 0. The van der Waals surface area contributed by atoms with Gasteiger partial charge in [0.2, 0.25) is 0 Å². The first kappa shape index (κ1) is 10.7. The van der Waals surface area contributed by atoms with Gasteiger partial charge < -0.3 is 5.84 Å². The predicted octanol–water partition coefficient (Wildman–Crippen LogP) is 3.66. The van der Waals surface area contributed by atoms with Crippen molar-refractivity contribution in [2.75, 3.05) is 5.84 Å². The van der Waals surface area contributed by atoms with E-state index in [-0.39, 0.29) is 5.41 Å². The first-order chi connectivity index (χ1) is 9.12. The summed E-state index contributed by atoms with van der Waals surface area (Å²) in [6, 6.07) is 17.0. The van der Waals surface area contributed by atoms with Crippen molar-refractivity contribution in [1.82, 2.24) is 4.68 Å². The second-order valence-corrected chi connectivity index (χ2v) is 5.78. The number of benzene rings is 2. The minimum atomic E-state index is -0.0420. The zero-order valence-corrected chi connectivity index (χ0v) is 11.1. The molecule has 0 aliphatic heterocycles. The molecule has 4 rings (SSSR count). The molecule has 1 aliphatic rings. The minimum absolute atomic E-state index is 0.0420. The molecule has 2 N–H and O–H groups in total. The molecule has 0 saturated carbocycles. The maximum atomic E-state index is 6.36. The van der Waals surface area contributed by atoms with Crippen LogP contribution in [0.2, 0.25) is 0 Å². The molecule has 0 saturated heterocycles. The van der Waals surface area contributed by atoms with Crippen molar-refractivity contribution in [1.29, 1.82) is 0 Å². The van der Waals surface area contributed by atoms with Gasteiger partial charge in [-0.1, -0.05) is 56.3 Å². The highest BCUT2D eigenvalue weighted by molar-refractivity contribution is 6.02. The summed E-state index contributed by atoms with van der Waals surface area (Å²) in [5.41, 5.74) is 6.27. The Balaban J connectivity index is 2.26. The molecule has 1 aromatic heterocycles. The van der Waals surface area contributed by atoms with Crippen LogP contribution in [0.1, 0.15) is 25.1 Å². The third-order valence-electron chi connectivity index (χ3n) is 4.37. The van der Waals surface area contributed by atoms with Crippen LogP contribution in [0, 0.1) is 0 Å². The van der Waals surface area contributed by atoms with E-state index in [1.807, 2.05) is 10.7 Å². The SMILES string of the molecule is CC1(C)c2ccccc2-c2c1n(N)c1ccccc21. The van der Waals surface area contributed by atoms with Crippen LogP contribution in [0.25, 0.3) is 22.0 Å². The highest BCUT2D eigenvalue weighted by atomic mass is 15.3. The number of para-hydroxylation sites is 1. The Kier molecular flexibility index (Phi) is 1.80. The summed E-state index contributed by atoms with van der Waals surface area (Å²) >= 11 is 0. The molecular weight excluding hydrogens is 232 g/mol. The van der Waals surface area contributed by atoms with E-state index in [4.69, 9.17) is 5.84 Å². The van der Waals surface area contributed by atoms with E-state index in [1.165, 1.54) is 27.8 Å². The van der Waals surface area contributed by atoms with Crippen molar-refractivity contribution < 1.29 is 0 Å². The van der Waals surface area contributed by atoms with Crippen molar-refractivity contribution in [3.05, 3.63) is 59.8 Å². The van der Waals surface area contributed by atoms with Gasteiger partial charge in [0.05, 0.1) is 11.2 Å². The van der Waals surface area contributed by atoms with Crippen LogP contribution >= 0.6 is 0 Å². The molecule has 0 unspecified atom stereocenters. The van der Waals surface area contributed by atoms with Gasteiger partial charge >= 0.3 is 0 Å². The Labute approximate surface area is 112 Å². The lowest BCUT2D eigenvalue weighted by Crippen LogP contribution is -2.24. The van der Waals surface area contributed by atoms with Crippen LogP contribution in [0.3, 0.4) is 0 Å². The molecule has 0 amide bonds. The lowest BCUT2D eigenvalue weighted by Gasteiger charge is -2.22. The van der Waals surface area contributed by atoms with Gasteiger partial charge in [0, 0.05) is 16.4 Å². The van der Waals surface area contributed by atoms with Crippen molar-refractivity contribution in [3.63, 3.8) is 0 Å². The maximum absolute atomic E-state index is 6.36. The quantitative estimate of drug-likeness (QED) is 0.605. The number of hydrogen-bond acceptors (Lipinski definition) is 1. The molecule has 2 heteroatoms. The standard InChI is InChI=1S/C17H16N2/c1-17(2)13-9-5-3-7-11(13)15-12-8-4-6-10-14(12)19(18)16(15)17/h3-10H,18H2,1-2H3. The molecule has 2 aromatic carbocycles. The van der Waals surface area contributed by atoms with E-state index in [0.717, 1.165) is 5.52 Å². The van der Waals surface area contributed by atoms with E-state index in [9.17, 15) is 0 Å². The van der Waals surface area contributed by atoms with Gasteiger partial charge in [-0.3, -0.25) is 4.68 Å². The van der Waals surface area contributed by atoms with E-state index < -0.39 is 0 Å². The summed E-state index contributed by atoms with van der Waals surface area (Å²) in [4.78, 5) is 0. The minimum Gasteiger partial charge on any atom is -0.339 e. The monoisotopic (exact) mass is 248 g/mol. The van der Waals surface area contributed by atoms with Crippen LogP contribution in [-0.4, -0.2) is 4.68 Å². The summed E-state index contributed by atoms with van der Waals surface area (Å²) in [7, 11) is 0. The molecule has 0 fully saturated rings. The van der Waals surface area contributed by atoms with Gasteiger partial charge in [0.15, 0.2) is 0 Å². The highest BCUT2D eigenvalue weighted by Gasteiger charge is 2.39. The van der Waals surface area contributed by atoms with Gasteiger partial charge in [0.1, 0.15) is 0 Å². The van der Waals surface area contributed by atoms with Gasteiger partial charge in [0.25, 0.3) is 0 Å². The van der Waals surface area contributed by atoms with Crippen LogP contribution < -0.4 is 5.84 Å². The van der Waals surface area contributed by atoms with E-state index in [2.05, 4.69) is 56.3 Å². The largest absolute Gasteiger partial charge is 0.339 e. The molecule has 2 nitrogen and oxygen atoms in total. The number of nitrogens with two attached hydrogens (primary N) is 1. The van der Waals surface area contributed by atoms with Crippen molar-refractivity contribution in [2.24, 2.45) is 0 Å². The molecule has 0 spiro atoms. The second kappa shape index (κ2) is 3.21. The molecule has 3 aromatic rings. The third-order valence-corrected chi connectivity index (χ3v) is 4.37. The van der Waals surface area contributed by atoms with Crippen LogP contribution in [0.4, 0.5) is 0 Å². The Morgan fingerprint density at radius 2 is 1.63 bits per heavy atom. The van der Waals surface area contributed by atoms with Crippen LogP contribution in [0.5, 0.6) is 0 Å². The number of nitrogen functional groups attached to an aromatic ring is 1. The summed E-state index contributed by atoms with van der Waals surface area (Å²) < 4.78 is 1.87. The molecule has 19 heavy (non-hydrogen) atoms. The van der Waals surface area contributed by atoms with Gasteiger partial charge in [-0.15, -0.1) is 0 Å². The Bertz CT molecular complexity index is 809. The average molecular weight is 248 g/mol. The van der Waals surface area contributed by atoms with Gasteiger partial charge in [-0.2, -0.15) is 0 Å². The Morgan fingerprint density at radius 3 is 2.47 bits per heavy atom. The zero-order valence-electron chi connectivity index (χ0n) is 11.1. The van der Waals surface area contributed by atoms with E-state index >= 15 is 0 Å². The van der Waals surface area contributed by atoms with E-state index in [0.29, 0.717) is 0 Å². The lowest BCUT2D eigenvalue weighted by atomic mass is 9.85. The lowest BCUT2D eigenvalue weighted by molar-refractivity contribution is 0.617. The van der Waals surface area contributed by atoms with Crippen molar-refractivity contribution >= 4 is 10.9 Å². The maximum Gasteiger partial charge on any atom is 0.0700 e. The predicted molar refractivity (Wildman–Crippen MR) is 79.7 cm³/mol. The third kappa shape index (κ3) is 1.12. The highest BCUT2D eigenvalue weighted by Crippen LogP contribution is 2.51. The molecule has 0 atom stereocenters. The molecule has 94 valence electrons. The first-order valence-corrected chi connectivity index (χ1v) is 6.61. The molecular formula is C17H16N2. The topological polar surface area (TPSA) is 30.9 Å². The number of aromatic nitrogens is 1. The molecule has 1 heterocycles. The van der Waals surface area contributed by atoms with E-state index in [1.54, 1.807) is 0 Å². The van der Waals surface area contributed by atoms with Crippen LogP contribution in [-0.2, 0) is 5.41 Å². The second-order valence-electron chi connectivity index (χ2n) is 5.78. The number of nitrogens with zero attached hydrogens (tertiary/aromatic N) is 1. The van der Waals surface area contributed by atoms with Crippen LogP contribution in [0.15, 0.2) is 48.5 Å². The number of hydrogen-bond donors (Lipinski definition) is 1. The first-order valence-electron chi connectivity index (χ1n) is 6.61. The molecule has 1 aliphatic carbocycles. The normalized spacial score (nSPS) is 15.5. The summed E-state index contributed by atoms with van der Waals surface area (Å²) in [5.74, 6) is 6.36. The Hall–Kier alpha value is -2.22. The number of fused-ring (bicyclic) bond motifs is 5. The average Bonchev–Trinajstić information content (AvgIpc) is 2.85. The Morgan fingerprint density at radius 1 is 0.947 bits per heavy atom. The van der Waals surface area contributed by atoms with Crippen molar-refractivity contribution in [2.45, 2.75) is 19.3 Å². The van der Waals surface area contributed by atoms with Crippen molar-refractivity contribution in [3.8, 4) is 11.1 Å². The smallest absolute Gasteiger partial charge is 0.0700 e. The fourth-order valence-corrected chi connectivity index (χ4v) is 3.52. The summed E-state index contributed by atoms with van der Waals surface area (Å²) in [5, 5.41) is 1.25. The fraction of sp³-hybridized carbons (Fsp3) is 0.176. The fourth-order valence-electron chi connectivity index (χ4n) is 3.52.